The fraction of sp³-hybridized carbons (Fsp3) is 0.227. The lowest BCUT2D eigenvalue weighted by Gasteiger charge is -2.21. The van der Waals surface area contributed by atoms with Crippen molar-refractivity contribution in [2.75, 3.05) is 18.7 Å². The minimum atomic E-state index is 0.276. The second kappa shape index (κ2) is 6.20. The van der Waals surface area contributed by atoms with Gasteiger partial charge in [0.15, 0.2) is 17.5 Å². The molecule has 5 heteroatoms. The van der Waals surface area contributed by atoms with Crippen molar-refractivity contribution in [3.05, 3.63) is 65.2 Å². The molecule has 0 amide bonds. The molecule has 0 atom stereocenters. The first kappa shape index (κ1) is 16.0. The van der Waals surface area contributed by atoms with Crippen molar-refractivity contribution in [1.29, 1.82) is 0 Å². The molecule has 1 aliphatic carbocycles. The van der Waals surface area contributed by atoms with Gasteiger partial charge in [0.2, 0.25) is 6.79 Å². The third kappa shape index (κ3) is 2.67. The average Bonchev–Trinajstić information content (AvgIpc) is 3.33. The van der Waals surface area contributed by atoms with Crippen LogP contribution in [0.2, 0.25) is 0 Å². The number of fused-ring (bicyclic) bond motifs is 1. The van der Waals surface area contributed by atoms with Gasteiger partial charge < -0.3 is 20.1 Å². The molecule has 0 saturated heterocycles. The molecular weight excluding hydrogens is 338 g/mol. The molecule has 0 spiro atoms. The largest absolute Gasteiger partial charge is 0.454 e. The maximum atomic E-state index is 6.31. The van der Waals surface area contributed by atoms with Crippen LogP contribution in [0.3, 0.4) is 0 Å². The maximum Gasteiger partial charge on any atom is 0.231 e. The third-order valence-electron chi connectivity index (χ3n) is 5.42. The van der Waals surface area contributed by atoms with E-state index in [2.05, 4.69) is 35.3 Å². The van der Waals surface area contributed by atoms with E-state index < -0.39 is 0 Å². The number of anilines is 1. The Morgan fingerprint density at radius 3 is 2.74 bits per heavy atom. The lowest BCUT2D eigenvalue weighted by atomic mass is 10.0. The van der Waals surface area contributed by atoms with Crippen molar-refractivity contribution in [2.24, 2.45) is 10.7 Å². The molecule has 2 aliphatic rings. The van der Waals surface area contributed by atoms with E-state index in [1.165, 1.54) is 21.9 Å². The average molecular weight is 359 g/mol. The highest BCUT2D eigenvalue weighted by Gasteiger charge is 2.18. The van der Waals surface area contributed by atoms with Crippen molar-refractivity contribution in [3.63, 3.8) is 0 Å². The van der Waals surface area contributed by atoms with E-state index in [0.717, 1.165) is 35.6 Å². The third-order valence-corrected chi connectivity index (χ3v) is 5.42. The van der Waals surface area contributed by atoms with Gasteiger partial charge in [0.05, 0.1) is 12.2 Å². The van der Waals surface area contributed by atoms with Crippen LogP contribution in [0.5, 0.6) is 11.5 Å². The minimum Gasteiger partial charge on any atom is -0.454 e. The zero-order chi connectivity index (χ0) is 18.4. The zero-order valence-corrected chi connectivity index (χ0v) is 15.2. The molecule has 0 aromatic heterocycles. The molecule has 5 nitrogen and oxygen atoms in total. The van der Waals surface area contributed by atoms with Gasteiger partial charge in [-0.05, 0) is 53.1 Å². The number of hydrogen-bond acceptors (Lipinski definition) is 3. The second-order valence-electron chi connectivity index (χ2n) is 7.00. The number of rotatable bonds is 3. The van der Waals surface area contributed by atoms with Gasteiger partial charge in [0.25, 0.3) is 0 Å². The number of guanidine groups is 1. The van der Waals surface area contributed by atoms with Crippen LogP contribution in [0, 0.1) is 0 Å². The normalized spacial score (nSPS) is 14.8. The number of nitrogens with two attached hydrogens (primary N) is 1. The van der Waals surface area contributed by atoms with Crippen LogP contribution in [0.4, 0.5) is 5.69 Å². The molecule has 0 fully saturated rings. The molecule has 3 aromatic carbocycles. The van der Waals surface area contributed by atoms with Gasteiger partial charge in [-0.2, -0.15) is 0 Å². The standard InChI is InChI=1S/C22H21N3O2/c1-25(18-9-8-16-7-6-15-3-2-4-17(18)21(15)16)22(23)24-12-14-5-10-19-20(11-14)27-13-26-19/h2-5,8-11H,6-7,12-13H2,1H3,(H2,23,24). The van der Waals surface area contributed by atoms with E-state index >= 15 is 0 Å². The molecule has 2 N–H and O–H groups in total. The van der Waals surface area contributed by atoms with Gasteiger partial charge in [-0.25, -0.2) is 4.99 Å². The van der Waals surface area contributed by atoms with Crippen LogP contribution in [-0.4, -0.2) is 19.8 Å². The summed E-state index contributed by atoms with van der Waals surface area (Å²) in [6, 6.07) is 16.7. The summed E-state index contributed by atoms with van der Waals surface area (Å²) in [7, 11) is 1.97. The van der Waals surface area contributed by atoms with Gasteiger partial charge in [-0.15, -0.1) is 0 Å². The monoisotopic (exact) mass is 359 g/mol. The number of benzene rings is 3. The molecule has 0 bridgehead atoms. The van der Waals surface area contributed by atoms with Crippen molar-refractivity contribution in [2.45, 2.75) is 19.4 Å². The molecule has 0 saturated carbocycles. The Hall–Kier alpha value is -3.21. The fourth-order valence-corrected chi connectivity index (χ4v) is 3.96. The van der Waals surface area contributed by atoms with E-state index in [9.17, 15) is 0 Å². The Bertz CT molecular complexity index is 1060. The molecule has 1 heterocycles. The number of hydrogen-bond donors (Lipinski definition) is 1. The summed E-state index contributed by atoms with van der Waals surface area (Å²) in [5.74, 6) is 2.04. The zero-order valence-electron chi connectivity index (χ0n) is 15.2. The topological polar surface area (TPSA) is 60.1 Å². The number of aliphatic imine (C=N–C) groups is 1. The lowest BCUT2D eigenvalue weighted by Crippen LogP contribution is -2.34. The van der Waals surface area contributed by atoms with Crippen LogP contribution in [0.25, 0.3) is 10.8 Å². The van der Waals surface area contributed by atoms with Crippen molar-refractivity contribution < 1.29 is 9.47 Å². The van der Waals surface area contributed by atoms with Gasteiger partial charge in [0, 0.05) is 12.4 Å². The van der Waals surface area contributed by atoms with E-state index in [4.69, 9.17) is 15.2 Å². The van der Waals surface area contributed by atoms with Crippen LogP contribution < -0.4 is 20.1 Å². The van der Waals surface area contributed by atoms with E-state index in [1.54, 1.807) is 0 Å². The summed E-state index contributed by atoms with van der Waals surface area (Å²) in [5, 5.41) is 2.62. The summed E-state index contributed by atoms with van der Waals surface area (Å²) in [4.78, 5) is 6.55. The van der Waals surface area contributed by atoms with Crippen molar-refractivity contribution in [3.8, 4) is 11.5 Å². The van der Waals surface area contributed by atoms with Crippen molar-refractivity contribution in [1.82, 2.24) is 0 Å². The molecule has 0 radical (unpaired) electrons. The van der Waals surface area contributed by atoms with Gasteiger partial charge in [-0.3, -0.25) is 0 Å². The first-order valence-corrected chi connectivity index (χ1v) is 9.16. The fourth-order valence-electron chi connectivity index (χ4n) is 3.96. The smallest absolute Gasteiger partial charge is 0.231 e. The molecular formula is C22H21N3O2. The summed E-state index contributed by atoms with van der Waals surface area (Å²) in [6.07, 6.45) is 2.24. The maximum absolute atomic E-state index is 6.31. The molecule has 0 unspecified atom stereocenters. The lowest BCUT2D eigenvalue weighted by molar-refractivity contribution is 0.174. The predicted octanol–water partition coefficient (Wildman–Crippen LogP) is 3.62. The molecule has 27 heavy (non-hydrogen) atoms. The number of aryl methyl sites for hydroxylation is 2. The van der Waals surface area contributed by atoms with Crippen LogP contribution >= 0.6 is 0 Å². The molecule has 3 aromatic rings. The van der Waals surface area contributed by atoms with Crippen molar-refractivity contribution >= 4 is 22.4 Å². The summed E-state index contributed by atoms with van der Waals surface area (Å²) in [6.45, 7) is 0.770. The summed E-state index contributed by atoms with van der Waals surface area (Å²) >= 11 is 0. The van der Waals surface area contributed by atoms with Gasteiger partial charge in [0.1, 0.15) is 0 Å². The predicted molar refractivity (Wildman–Crippen MR) is 108 cm³/mol. The highest BCUT2D eigenvalue weighted by Crippen LogP contribution is 2.36. The Kier molecular flexibility index (Phi) is 3.67. The Morgan fingerprint density at radius 1 is 1.04 bits per heavy atom. The quantitative estimate of drug-likeness (QED) is 0.573. The summed E-state index contributed by atoms with van der Waals surface area (Å²) < 4.78 is 10.8. The molecule has 136 valence electrons. The highest BCUT2D eigenvalue weighted by molar-refractivity contribution is 6.06. The molecule has 1 aliphatic heterocycles. The van der Waals surface area contributed by atoms with Crippen LogP contribution in [-0.2, 0) is 19.4 Å². The first-order chi connectivity index (χ1) is 13.2. The Labute approximate surface area is 158 Å². The Morgan fingerprint density at radius 2 is 1.85 bits per heavy atom. The number of ether oxygens (including phenoxy) is 2. The van der Waals surface area contributed by atoms with Crippen LogP contribution in [0.1, 0.15) is 16.7 Å². The first-order valence-electron chi connectivity index (χ1n) is 9.16. The van der Waals surface area contributed by atoms with E-state index in [-0.39, 0.29) is 6.79 Å². The Balaban J connectivity index is 1.43. The van der Waals surface area contributed by atoms with E-state index in [0.29, 0.717) is 12.5 Å². The minimum absolute atomic E-state index is 0.276. The van der Waals surface area contributed by atoms with E-state index in [1.807, 2.05) is 30.1 Å². The SMILES string of the molecule is CN(C(N)=NCc1ccc2c(c1)OCO2)c1ccc2c3c(cccc13)CC2. The highest BCUT2D eigenvalue weighted by atomic mass is 16.7. The molecule has 5 rings (SSSR count). The second-order valence-corrected chi connectivity index (χ2v) is 7.00. The summed E-state index contributed by atoms with van der Waals surface area (Å²) in [5.41, 5.74) is 11.3. The van der Waals surface area contributed by atoms with Gasteiger partial charge in [-0.1, -0.05) is 30.3 Å². The van der Waals surface area contributed by atoms with Gasteiger partial charge >= 0.3 is 0 Å². The van der Waals surface area contributed by atoms with Crippen LogP contribution in [0.15, 0.2) is 53.5 Å². The number of nitrogens with zero attached hydrogens (tertiary/aromatic N) is 2.